The molecule has 1 aromatic heterocycles. The van der Waals surface area contributed by atoms with Crippen molar-refractivity contribution >= 4 is 37.3 Å². The van der Waals surface area contributed by atoms with E-state index in [0.717, 1.165) is 11.1 Å². The molecule has 0 saturated carbocycles. The topological polar surface area (TPSA) is 66.4 Å². The number of hydrogen-bond acceptors (Lipinski definition) is 4. The zero-order valence-corrected chi connectivity index (χ0v) is 14.8. The number of aliphatic hydroxyl groups is 1. The van der Waals surface area contributed by atoms with Gasteiger partial charge in [0, 0.05) is 10.9 Å². The first-order chi connectivity index (χ1) is 9.83. The molecule has 0 aliphatic carbocycles. The highest BCUT2D eigenvalue weighted by molar-refractivity contribution is 9.11. The number of aliphatic hydroxyl groups excluding tert-OH is 1. The Bertz CT molecular complexity index is 723. The highest BCUT2D eigenvalue weighted by Gasteiger charge is 2.23. The number of nitrogens with one attached hydrogen (secondary N) is 1. The first kappa shape index (κ1) is 16.6. The van der Waals surface area contributed by atoms with Crippen LogP contribution in [0.25, 0.3) is 0 Å². The molecular formula is C14H16BrNO3S2. The summed E-state index contributed by atoms with van der Waals surface area (Å²) in [5.74, 6) is 0. The van der Waals surface area contributed by atoms with Gasteiger partial charge in [-0.2, -0.15) is 0 Å². The van der Waals surface area contributed by atoms with Crippen LogP contribution in [0.1, 0.15) is 29.0 Å². The molecule has 0 spiro atoms. The van der Waals surface area contributed by atoms with Crippen molar-refractivity contribution in [1.29, 1.82) is 0 Å². The van der Waals surface area contributed by atoms with E-state index in [1.54, 1.807) is 6.92 Å². The Labute approximate surface area is 137 Å². The molecule has 0 aliphatic heterocycles. The minimum absolute atomic E-state index is 0.163. The van der Waals surface area contributed by atoms with Crippen LogP contribution in [0.2, 0.25) is 0 Å². The van der Waals surface area contributed by atoms with Gasteiger partial charge in [0.15, 0.2) is 0 Å². The Morgan fingerprint density at radius 3 is 2.48 bits per heavy atom. The molecule has 2 aromatic rings. The van der Waals surface area contributed by atoms with Crippen LogP contribution in [0.15, 0.2) is 39.0 Å². The van der Waals surface area contributed by atoms with Gasteiger partial charge in [-0.25, -0.2) is 13.1 Å². The molecule has 0 saturated heterocycles. The van der Waals surface area contributed by atoms with E-state index in [9.17, 15) is 8.42 Å². The summed E-state index contributed by atoms with van der Waals surface area (Å²) < 4.78 is 28.0. The summed E-state index contributed by atoms with van der Waals surface area (Å²) in [6, 6.07) is 8.86. The Morgan fingerprint density at radius 1 is 1.33 bits per heavy atom. The first-order valence-corrected chi connectivity index (χ1v) is 9.40. The summed E-state index contributed by atoms with van der Waals surface area (Å²) >= 11 is 4.45. The molecule has 21 heavy (non-hydrogen) atoms. The van der Waals surface area contributed by atoms with Crippen molar-refractivity contribution in [2.24, 2.45) is 0 Å². The molecule has 2 N–H and O–H groups in total. The van der Waals surface area contributed by atoms with Crippen LogP contribution in [0, 0.1) is 6.92 Å². The molecule has 0 bridgehead atoms. The molecule has 0 amide bonds. The lowest BCUT2D eigenvalue weighted by molar-refractivity contribution is 0.285. The SMILES string of the molecule is Cc1ccc(C(C)NS(=O)(=O)c2cc(CO)sc2Br)cc1. The summed E-state index contributed by atoms with van der Waals surface area (Å²) in [7, 11) is -3.64. The predicted molar refractivity (Wildman–Crippen MR) is 87.9 cm³/mol. The van der Waals surface area contributed by atoms with E-state index in [1.807, 2.05) is 31.2 Å². The third-order valence-corrected chi connectivity index (χ3v) is 6.84. The van der Waals surface area contributed by atoms with Gasteiger partial charge < -0.3 is 5.11 Å². The minimum atomic E-state index is -3.64. The zero-order valence-electron chi connectivity index (χ0n) is 11.6. The van der Waals surface area contributed by atoms with Crippen molar-refractivity contribution in [3.63, 3.8) is 0 Å². The molecule has 1 heterocycles. The van der Waals surface area contributed by atoms with Gasteiger partial charge in [0.05, 0.1) is 10.4 Å². The summed E-state index contributed by atoms with van der Waals surface area (Å²) in [6.07, 6.45) is 0. The summed E-state index contributed by atoms with van der Waals surface area (Å²) in [6.45, 7) is 3.61. The van der Waals surface area contributed by atoms with Crippen molar-refractivity contribution in [1.82, 2.24) is 4.72 Å². The van der Waals surface area contributed by atoms with E-state index >= 15 is 0 Å². The number of aryl methyl sites for hydroxylation is 1. The average molecular weight is 390 g/mol. The Kier molecular flexibility index (Phi) is 5.21. The fourth-order valence-electron chi connectivity index (χ4n) is 1.88. The van der Waals surface area contributed by atoms with E-state index in [2.05, 4.69) is 20.7 Å². The van der Waals surface area contributed by atoms with E-state index in [4.69, 9.17) is 5.11 Å². The second-order valence-corrected chi connectivity index (χ2v) is 8.90. The van der Waals surface area contributed by atoms with E-state index in [-0.39, 0.29) is 17.5 Å². The number of benzene rings is 1. The standard InChI is InChI=1S/C14H16BrNO3S2/c1-9-3-5-11(6-4-9)10(2)16-21(18,19)13-7-12(8-17)20-14(13)15/h3-7,10,16-17H,8H2,1-2H3. The average Bonchev–Trinajstić information content (AvgIpc) is 2.81. The minimum Gasteiger partial charge on any atom is -0.391 e. The van der Waals surface area contributed by atoms with Gasteiger partial charge in [-0.1, -0.05) is 29.8 Å². The van der Waals surface area contributed by atoms with Crippen LogP contribution >= 0.6 is 27.3 Å². The fourth-order valence-corrected chi connectivity index (χ4v) is 5.65. The molecule has 0 aliphatic rings. The van der Waals surface area contributed by atoms with E-state index < -0.39 is 10.0 Å². The highest BCUT2D eigenvalue weighted by Crippen LogP contribution is 2.32. The summed E-state index contributed by atoms with van der Waals surface area (Å²) in [5.41, 5.74) is 2.03. The van der Waals surface area contributed by atoms with Crippen LogP contribution in [-0.2, 0) is 16.6 Å². The van der Waals surface area contributed by atoms with Crippen LogP contribution < -0.4 is 4.72 Å². The normalized spacial score (nSPS) is 13.3. The first-order valence-electron chi connectivity index (χ1n) is 6.31. The fraction of sp³-hybridized carbons (Fsp3) is 0.286. The largest absolute Gasteiger partial charge is 0.391 e. The molecule has 1 atom stereocenters. The third-order valence-electron chi connectivity index (χ3n) is 3.06. The summed E-state index contributed by atoms with van der Waals surface area (Å²) in [5, 5.41) is 9.10. The second kappa shape index (κ2) is 6.58. The lowest BCUT2D eigenvalue weighted by atomic mass is 10.1. The van der Waals surface area contributed by atoms with Gasteiger partial charge in [-0.05, 0) is 41.4 Å². The van der Waals surface area contributed by atoms with Crippen molar-refractivity contribution < 1.29 is 13.5 Å². The predicted octanol–water partition coefficient (Wildman–Crippen LogP) is 3.35. The molecular weight excluding hydrogens is 374 g/mol. The lowest BCUT2D eigenvalue weighted by Gasteiger charge is -2.14. The van der Waals surface area contributed by atoms with Gasteiger partial charge in [-0.3, -0.25) is 0 Å². The quantitative estimate of drug-likeness (QED) is 0.823. The van der Waals surface area contributed by atoms with Gasteiger partial charge in [0.1, 0.15) is 4.90 Å². The molecule has 7 heteroatoms. The van der Waals surface area contributed by atoms with Crippen molar-refractivity contribution in [3.8, 4) is 0 Å². The number of thiophene rings is 1. The van der Waals surface area contributed by atoms with Crippen molar-refractivity contribution in [2.75, 3.05) is 0 Å². The van der Waals surface area contributed by atoms with Gasteiger partial charge in [-0.15, -0.1) is 11.3 Å². The Balaban J connectivity index is 2.24. The maximum Gasteiger partial charge on any atom is 0.243 e. The smallest absolute Gasteiger partial charge is 0.243 e. The van der Waals surface area contributed by atoms with Crippen LogP contribution in [0.5, 0.6) is 0 Å². The summed E-state index contributed by atoms with van der Waals surface area (Å²) in [4.78, 5) is 0.765. The number of sulfonamides is 1. The van der Waals surface area contributed by atoms with Crippen LogP contribution in [-0.4, -0.2) is 13.5 Å². The lowest BCUT2D eigenvalue weighted by Crippen LogP contribution is -2.26. The van der Waals surface area contributed by atoms with E-state index in [1.165, 1.54) is 17.4 Å². The second-order valence-electron chi connectivity index (χ2n) is 4.76. The molecule has 114 valence electrons. The molecule has 0 fully saturated rings. The maximum absolute atomic E-state index is 12.4. The Hall–Kier alpha value is -0.730. The van der Waals surface area contributed by atoms with Crippen molar-refractivity contribution in [2.45, 2.75) is 31.4 Å². The van der Waals surface area contributed by atoms with E-state index in [0.29, 0.717) is 8.66 Å². The number of halogens is 1. The molecule has 1 aromatic carbocycles. The zero-order chi connectivity index (χ0) is 15.6. The highest BCUT2D eigenvalue weighted by atomic mass is 79.9. The van der Waals surface area contributed by atoms with Crippen LogP contribution in [0.4, 0.5) is 0 Å². The number of hydrogen-bond donors (Lipinski definition) is 2. The number of rotatable bonds is 5. The van der Waals surface area contributed by atoms with Gasteiger partial charge >= 0.3 is 0 Å². The van der Waals surface area contributed by atoms with Gasteiger partial charge in [0.25, 0.3) is 0 Å². The van der Waals surface area contributed by atoms with Gasteiger partial charge in [0.2, 0.25) is 10.0 Å². The van der Waals surface area contributed by atoms with Crippen LogP contribution in [0.3, 0.4) is 0 Å². The van der Waals surface area contributed by atoms with Crippen molar-refractivity contribution in [3.05, 3.63) is 50.1 Å². The third kappa shape index (κ3) is 3.92. The molecule has 4 nitrogen and oxygen atoms in total. The molecule has 0 radical (unpaired) electrons. The maximum atomic E-state index is 12.4. The Morgan fingerprint density at radius 2 is 1.95 bits per heavy atom. The molecule has 2 rings (SSSR count). The molecule has 1 unspecified atom stereocenters. The monoisotopic (exact) mass is 389 g/mol.